The maximum Gasteiger partial charge on any atom is 0.278 e. The molecule has 4 rings (SSSR count). The van der Waals surface area contributed by atoms with E-state index in [1.165, 1.54) is 0 Å². The number of carbonyl (C=O) groups is 1. The number of ether oxygens (including phenoxy) is 1. The molecule has 0 fully saturated rings. The molecule has 1 N–H and O–H groups in total. The normalized spacial score (nSPS) is 12.2. The number of benzene rings is 2. The highest BCUT2D eigenvalue weighted by Gasteiger charge is 2.18. The van der Waals surface area contributed by atoms with Crippen molar-refractivity contribution in [1.82, 2.24) is 24.9 Å². The van der Waals surface area contributed by atoms with E-state index in [0.29, 0.717) is 24.0 Å². The van der Waals surface area contributed by atoms with E-state index in [4.69, 9.17) is 4.74 Å². The fraction of sp³-hybridized carbons (Fsp3) is 0.238. The van der Waals surface area contributed by atoms with Crippen molar-refractivity contribution in [3.05, 3.63) is 65.1 Å². The van der Waals surface area contributed by atoms with Gasteiger partial charge in [0, 0.05) is 30.2 Å². The Morgan fingerprint density at radius 2 is 2.03 bits per heavy atom. The predicted octanol–water partition coefficient (Wildman–Crippen LogP) is 2.13. The molecule has 0 saturated carbocycles. The number of hydrogen-bond donors (Lipinski definition) is 1. The third-order valence-electron chi connectivity index (χ3n) is 4.97. The van der Waals surface area contributed by atoms with Gasteiger partial charge in [-0.2, -0.15) is 4.68 Å². The minimum Gasteiger partial charge on any atom is -0.497 e. The quantitative estimate of drug-likeness (QED) is 0.544. The van der Waals surface area contributed by atoms with Gasteiger partial charge < -0.3 is 14.6 Å². The van der Waals surface area contributed by atoms with Gasteiger partial charge in [0.15, 0.2) is 0 Å². The Bertz CT molecular complexity index is 1240. The van der Waals surface area contributed by atoms with E-state index in [-0.39, 0.29) is 11.5 Å². The molecule has 8 heteroatoms. The summed E-state index contributed by atoms with van der Waals surface area (Å²) in [4.78, 5) is 25.1. The number of rotatable bonds is 6. The number of carbonyl (C=O) groups excluding carboxylic acids is 1. The molecule has 2 aromatic heterocycles. The van der Waals surface area contributed by atoms with Gasteiger partial charge in [0.1, 0.15) is 17.3 Å². The molecular formula is C21H21N5O3. The van der Waals surface area contributed by atoms with Crippen molar-refractivity contribution in [2.45, 2.75) is 19.5 Å². The van der Waals surface area contributed by atoms with Crippen LogP contribution in [0.15, 0.2) is 59.5 Å². The van der Waals surface area contributed by atoms with Crippen LogP contribution in [-0.2, 0) is 11.3 Å². The van der Waals surface area contributed by atoms with E-state index >= 15 is 0 Å². The van der Waals surface area contributed by atoms with E-state index in [0.717, 1.165) is 21.3 Å². The summed E-state index contributed by atoms with van der Waals surface area (Å²) < 4.78 is 8.42. The van der Waals surface area contributed by atoms with Crippen molar-refractivity contribution in [3.8, 4) is 5.75 Å². The van der Waals surface area contributed by atoms with E-state index in [1.807, 2.05) is 30.5 Å². The number of amides is 1. The molecule has 2 aromatic carbocycles. The first-order valence-electron chi connectivity index (χ1n) is 9.33. The third-order valence-corrected chi connectivity index (χ3v) is 4.97. The minimum atomic E-state index is -0.759. The molecule has 0 spiro atoms. The molecule has 0 aliphatic heterocycles. The molecule has 0 aliphatic rings. The van der Waals surface area contributed by atoms with Crippen molar-refractivity contribution in [2.75, 3.05) is 13.7 Å². The summed E-state index contributed by atoms with van der Waals surface area (Å²) in [5.41, 5.74) is 1.24. The van der Waals surface area contributed by atoms with Gasteiger partial charge in [-0.3, -0.25) is 9.59 Å². The van der Waals surface area contributed by atoms with Crippen LogP contribution in [0.5, 0.6) is 5.75 Å². The summed E-state index contributed by atoms with van der Waals surface area (Å²) in [6.45, 7) is 2.67. The largest absolute Gasteiger partial charge is 0.497 e. The monoisotopic (exact) mass is 391 g/mol. The number of aromatic nitrogens is 4. The van der Waals surface area contributed by atoms with E-state index in [1.54, 1.807) is 38.3 Å². The molecule has 0 bridgehead atoms. The standard InChI is InChI=1S/C21H21N5O3/c1-14(26-21(28)17-5-3-4-6-18(17)23-24-26)20(27)22-10-12-25-11-9-15-13-16(29-2)7-8-19(15)25/h3-9,11,13-14H,10,12H2,1-2H3,(H,22,27). The van der Waals surface area contributed by atoms with Gasteiger partial charge in [0.2, 0.25) is 5.91 Å². The van der Waals surface area contributed by atoms with Gasteiger partial charge in [-0.1, -0.05) is 17.3 Å². The number of nitrogens with zero attached hydrogens (tertiary/aromatic N) is 4. The van der Waals surface area contributed by atoms with Crippen LogP contribution in [-0.4, -0.2) is 39.1 Å². The average molecular weight is 391 g/mol. The Hall–Kier alpha value is -3.68. The summed E-state index contributed by atoms with van der Waals surface area (Å²) in [7, 11) is 1.64. The van der Waals surface area contributed by atoms with Crippen molar-refractivity contribution < 1.29 is 9.53 Å². The van der Waals surface area contributed by atoms with Crippen molar-refractivity contribution in [3.63, 3.8) is 0 Å². The Morgan fingerprint density at radius 1 is 1.21 bits per heavy atom. The number of methoxy groups -OCH3 is 1. The fourth-order valence-electron chi connectivity index (χ4n) is 3.31. The first-order chi connectivity index (χ1) is 14.1. The summed E-state index contributed by atoms with van der Waals surface area (Å²) in [6.07, 6.45) is 1.97. The zero-order chi connectivity index (χ0) is 20.4. The second-order valence-electron chi connectivity index (χ2n) is 6.76. The molecule has 0 radical (unpaired) electrons. The van der Waals surface area contributed by atoms with Crippen LogP contribution in [0, 0.1) is 0 Å². The molecule has 4 aromatic rings. The SMILES string of the molecule is COc1ccc2c(ccn2CCNC(=O)C(C)n2nnc3ccccc3c2=O)c1. The van der Waals surface area contributed by atoms with Crippen molar-refractivity contribution in [1.29, 1.82) is 0 Å². The lowest BCUT2D eigenvalue weighted by molar-refractivity contribution is -0.124. The number of fused-ring (bicyclic) bond motifs is 2. The molecule has 1 amide bonds. The fourth-order valence-corrected chi connectivity index (χ4v) is 3.31. The van der Waals surface area contributed by atoms with E-state index in [9.17, 15) is 9.59 Å². The van der Waals surface area contributed by atoms with E-state index in [2.05, 4.69) is 20.2 Å². The molecule has 148 valence electrons. The maximum atomic E-state index is 12.6. The lowest BCUT2D eigenvalue weighted by atomic mass is 10.2. The molecule has 8 nitrogen and oxygen atoms in total. The van der Waals surface area contributed by atoms with Gasteiger partial charge >= 0.3 is 0 Å². The maximum absolute atomic E-state index is 12.6. The number of hydrogen-bond acceptors (Lipinski definition) is 5. The molecule has 1 unspecified atom stereocenters. The lowest BCUT2D eigenvalue weighted by Crippen LogP contribution is -2.38. The Labute approximate surface area is 166 Å². The first kappa shape index (κ1) is 18.7. The van der Waals surface area contributed by atoms with Crippen LogP contribution in [0.1, 0.15) is 13.0 Å². The number of nitrogens with one attached hydrogen (secondary N) is 1. The predicted molar refractivity (Wildman–Crippen MR) is 110 cm³/mol. The second-order valence-corrected chi connectivity index (χ2v) is 6.76. The minimum absolute atomic E-state index is 0.283. The second kappa shape index (κ2) is 7.75. The third kappa shape index (κ3) is 3.56. The van der Waals surface area contributed by atoms with Crippen molar-refractivity contribution >= 4 is 27.7 Å². The summed E-state index contributed by atoms with van der Waals surface area (Å²) in [5.74, 6) is 0.522. The van der Waals surface area contributed by atoms with Crippen LogP contribution in [0.2, 0.25) is 0 Å². The highest BCUT2D eigenvalue weighted by molar-refractivity contribution is 5.82. The van der Waals surface area contributed by atoms with Gasteiger partial charge in [-0.25, -0.2) is 0 Å². The van der Waals surface area contributed by atoms with Gasteiger partial charge in [-0.05, 0) is 43.3 Å². The molecule has 29 heavy (non-hydrogen) atoms. The average Bonchev–Trinajstić information content (AvgIpc) is 3.15. The van der Waals surface area contributed by atoms with Crippen LogP contribution in [0.4, 0.5) is 0 Å². The van der Waals surface area contributed by atoms with Gasteiger partial charge in [0.25, 0.3) is 5.56 Å². The molecule has 0 saturated heterocycles. The first-order valence-corrected chi connectivity index (χ1v) is 9.33. The lowest BCUT2D eigenvalue weighted by Gasteiger charge is -2.14. The molecule has 2 heterocycles. The smallest absolute Gasteiger partial charge is 0.278 e. The zero-order valence-electron chi connectivity index (χ0n) is 16.2. The Kier molecular flexibility index (Phi) is 4.99. The van der Waals surface area contributed by atoms with Crippen molar-refractivity contribution in [2.24, 2.45) is 0 Å². The molecule has 1 atom stereocenters. The van der Waals surface area contributed by atoms with Gasteiger partial charge in [0.05, 0.1) is 12.5 Å². The molecular weight excluding hydrogens is 370 g/mol. The zero-order valence-corrected chi connectivity index (χ0v) is 16.2. The molecule has 0 aliphatic carbocycles. The highest BCUT2D eigenvalue weighted by atomic mass is 16.5. The topological polar surface area (TPSA) is 91.0 Å². The summed E-state index contributed by atoms with van der Waals surface area (Å²) >= 11 is 0. The van der Waals surface area contributed by atoms with E-state index < -0.39 is 6.04 Å². The summed E-state index contributed by atoms with van der Waals surface area (Å²) in [5, 5.41) is 12.3. The van der Waals surface area contributed by atoms with Crippen LogP contribution < -0.4 is 15.6 Å². The summed E-state index contributed by atoms with van der Waals surface area (Å²) in [6, 6.07) is 14.1. The van der Waals surface area contributed by atoms with Gasteiger partial charge in [-0.15, -0.1) is 5.10 Å². The van der Waals surface area contributed by atoms with Crippen LogP contribution in [0.25, 0.3) is 21.8 Å². The Morgan fingerprint density at radius 3 is 2.86 bits per heavy atom. The Balaban J connectivity index is 1.44. The van der Waals surface area contributed by atoms with Crippen LogP contribution >= 0.6 is 0 Å². The van der Waals surface area contributed by atoms with Crippen LogP contribution in [0.3, 0.4) is 0 Å². The highest BCUT2D eigenvalue weighted by Crippen LogP contribution is 2.21.